The summed E-state index contributed by atoms with van der Waals surface area (Å²) < 4.78 is 0. The van der Waals surface area contributed by atoms with E-state index in [2.05, 4.69) is 5.32 Å². The van der Waals surface area contributed by atoms with Gasteiger partial charge in [0, 0.05) is 14.1 Å². The van der Waals surface area contributed by atoms with Crippen molar-refractivity contribution in [3.63, 3.8) is 0 Å². The van der Waals surface area contributed by atoms with Crippen LogP contribution in [0.3, 0.4) is 0 Å². The van der Waals surface area contributed by atoms with Crippen molar-refractivity contribution in [1.29, 1.82) is 0 Å². The number of likely N-dealkylation sites (N-methyl/N-ethyl adjacent to an activating group) is 3. The summed E-state index contributed by atoms with van der Waals surface area (Å²) in [6, 6.07) is -0.498. The SMILES string of the molecule is CN1C(=O)[C@H]2[C@H](NCN2C)N(C)C1=O. The van der Waals surface area contributed by atoms with Gasteiger partial charge in [-0.1, -0.05) is 0 Å². The highest BCUT2D eigenvalue weighted by Crippen LogP contribution is 2.20. The fraction of sp³-hybridized carbons (Fsp3) is 0.750. The quantitative estimate of drug-likeness (QED) is 0.525. The van der Waals surface area contributed by atoms with Gasteiger partial charge in [0.2, 0.25) is 0 Å². The molecule has 3 amide bonds. The Kier molecular flexibility index (Phi) is 1.97. The van der Waals surface area contributed by atoms with E-state index in [9.17, 15) is 9.59 Å². The van der Waals surface area contributed by atoms with Crippen LogP contribution in [-0.2, 0) is 4.79 Å². The van der Waals surface area contributed by atoms with Crippen molar-refractivity contribution in [3.05, 3.63) is 0 Å². The van der Waals surface area contributed by atoms with E-state index in [0.717, 1.165) is 0 Å². The minimum atomic E-state index is -0.251. The molecule has 6 heteroatoms. The van der Waals surface area contributed by atoms with Crippen LogP contribution in [-0.4, -0.2) is 66.7 Å². The molecule has 14 heavy (non-hydrogen) atoms. The predicted molar refractivity (Wildman–Crippen MR) is 49.3 cm³/mol. The average Bonchev–Trinajstić information content (AvgIpc) is 2.54. The molecule has 0 radical (unpaired) electrons. The molecule has 0 aromatic carbocycles. The first-order valence-corrected chi connectivity index (χ1v) is 4.52. The summed E-state index contributed by atoms with van der Waals surface area (Å²) in [5, 5.41) is 3.12. The molecule has 78 valence electrons. The Morgan fingerprint density at radius 3 is 2.57 bits per heavy atom. The molecule has 0 bridgehead atoms. The highest BCUT2D eigenvalue weighted by Gasteiger charge is 2.48. The lowest BCUT2D eigenvalue weighted by Crippen LogP contribution is -2.64. The van der Waals surface area contributed by atoms with Crippen molar-refractivity contribution in [2.24, 2.45) is 0 Å². The lowest BCUT2D eigenvalue weighted by molar-refractivity contribution is -0.136. The fourth-order valence-electron chi connectivity index (χ4n) is 2.01. The van der Waals surface area contributed by atoms with Gasteiger partial charge in [-0.2, -0.15) is 0 Å². The molecule has 2 heterocycles. The van der Waals surface area contributed by atoms with Gasteiger partial charge in [0.15, 0.2) is 0 Å². The maximum atomic E-state index is 11.8. The van der Waals surface area contributed by atoms with Crippen molar-refractivity contribution >= 4 is 11.9 Å². The lowest BCUT2D eigenvalue weighted by atomic mass is 10.1. The Hall–Kier alpha value is -1.14. The van der Waals surface area contributed by atoms with Gasteiger partial charge in [0.05, 0.1) is 6.67 Å². The van der Waals surface area contributed by atoms with E-state index < -0.39 is 0 Å². The molecule has 6 nitrogen and oxygen atoms in total. The Labute approximate surface area is 82.4 Å². The topological polar surface area (TPSA) is 55.9 Å². The van der Waals surface area contributed by atoms with Gasteiger partial charge in [-0.15, -0.1) is 0 Å². The van der Waals surface area contributed by atoms with E-state index in [1.54, 1.807) is 11.9 Å². The molecule has 0 aromatic rings. The smallest absolute Gasteiger partial charge is 0.310 e. The van der Waals surface area contributed by atoms with Crippen molar-refractivity contribution in [2.45, 2.75) is 12.2 Å². The zero-order valence-corrected chi connectivity index (χ0v) is 8.52. The van der Waals surface area contributed by atoms with Crippen molar-refractivity contribution in [1.82, 2.24) is 20.0 Å². The van der Waals surface area contributed by atoms with Gasteiger partial charge in [-0.25, -0.2) is 4.79 Å². The van der Waals surface area contributed by atoms with Crippen LogP contribution in [0.1, 0.15) is 0 Å². The monoisotopic (exact) mass is 198 g/mol. The van der Waals surface area contributed by atoms with Crippen molar-refractivity contribution < 1.29 is 9.59 Å². The Balaban J connectivity index is 2.32. The summed E-state index contributed by atoms with van der Waals surface area (Å²) in [7, 11) is 5.09. The predicted octanol–water partition coefficient (Wildman–Crippen LogP) is -1.30. The number of rotatable bonds is 0. The third-order valence-corrected chi connectivity index (χ3v) is 2.91. The van der Waals surface area contributed by atoms with E-state index >= 15 is 0 Å². The first-order valence-electron chi connectivity index (χ1n) is 4.52. The van der Waals surface area contributed by atoms with Crippen LogP contribution in [0.4, 0.5) is 4.79 Å². The van der Waals surface area contributed by atoms with Gasteiger partial charge < -0.3 is 4.90 Å². The van der Waals surface area contributed by atoms with E-state index in [0.29, 0.717) is 6.67 Å². The van der Waals surface area contributed by atoms with Gasteiger partial charge in [0.1, 0.15) is 12.2 Å². The summed E-state index contributed by atoms with van der Waals surface area (Å²) in [6.45, 7) is 0.631. The highest BCUT2D eigenvalue weighted by molar-refractivity contribution is 6.00. The molecule has 2 saturated heterocycles. The number of imide groups is 1. The fourth-order valence-corrected chi connectivity index (χ4v) is 2.01. The second-order valence-corrected chi connectivity index (χ2v) is 3.80. The normalized spacial score (nSPS) is 33.9. The van der Waals surface area contributed by atoms with Crippen LogP contribution in [0.25, 0.3) is 0 Å². The van der Waals surface area contributed by atoms with Crippen LogP contribution in [0.15, 0.2) is 0 Å². The molecule has 2 aliphatic heterocycles. The molecule has 0 aliphatic carbocycles. The van der Waals surface area contributed by atoms with E-state index in [1.165, 1.54) is 11.9 Å². The number of hydrogen-bond donors (Lipinski definition) is 1. The number of nitrogens with one attached hydrogen (secondary N) is 1. The number of hydrogen-bond acceptors (Lipinski definition) is 4. The molecule has 2 rings (SSSR count). The van der Waals surface area contributed by atoms with E-state index in [-0.39, 0.29) is 24.1 Å². The van der Waals surface area contributed by atoms with Gasteiger partial charge in [-0.05, 0) is 7.05 Å². The van der Waals surface area contributed by atoms with Crippen molar-refractivity contribution in [2.75, 3.05) is 27.8 Å². The maximum Gasteiger partial charge on any atom is 0.327 e. The molecule has 0 saturated carbocycles. The van der Waals surface area contributed by atoms with Crippen molar-refractivity contribution in [3.8, 4) is 0 Å². The molecule has 2 aliphatic rings. The summed E-state index contributed by atoms with van der Waals surface area (Å²) in [5.74, 6) is -0.134. The Morgan fingerprint density at radius 2 is 1.93 bits per heavy atom. The van der Waals surface area contributed by atoms with E-state index in [4.69, 9.17) is 0 Å². The minimum Gasteiger partial charge on any atom is -0.310 e. The minimum absolute atomic E-state index is 0.134. The molecule has 0 aromatic heterocycles. The van der Waals surface area contributed by atoms with Crippen LogP contribution in [0.5, 0.6) is 0 Å². The molecule has 1 N–H and O–H groups in total. The molecule has 0 unspecified atom stereocenters. The first kappa shape index (κ1) is 9.42. The number of nitrogens with zero attached hydrogens (tertiary/aromatic N) is 3. The molecular weight excluding hydrogens is 184 g/mol. The summed E-state index contributed by atoms with van der Waals surface area (Å²) >= 11 is 0. The van der Waals surface area contributed by atoms with Crippen LogP contribution in [0, 0.1) is 0 Å². The Bertz CT molecular complexity index is 293. The number of carbonyl (C=O) groups excluding carboxylic acids is 2. The van der Waals surface area contributed by atoms with E-state index in [1.807, 2.05) is 11.9 Å². The Morgan fingerprint density at radius 1 is 1.29 bits per heavy atom. The average molecular weight is 198 g/mol. The first-order chi connectivity index (χ1) is 6.54. The summed E-state index contributed by atoms with van der Waals surface area (Å²) in [5.41, 5.74) is 0. The summed E-state index contributed by atoms with van der Waals surface area (Å²) in [4.78, 5) is 28.0. The molecule has 2 atom stereocenters. The number of carbonyl (C=O) groups is 2. The third kappa shape index (κ3) is 1.04. The molecule has 0 spiro atoms. The maximum absolute atomic E-state index is 11.8. The second-order valence-electron chi connectivity index (χ2n) is 3.80. The largest absolute Gasteiger partial charge is 0.327 e. The molecule has 2 fully saturated rings. The second kappa shape index (κ2) is 2.93. The van der Waals surface area contributed by atoms with Gasteiger partial charge in [-0.3, -0.25) is 19.9 Å². The standard InChI is InChI=1S/C8H14N4O2/c1-10-4-9-6-5(10)7(13)12(3)8(14)11(6)2/h5-6,9H,4H2,1-3H3/t5-,6-/m1/s1. The zero-order chi connectivity index (χ0) is 10.5. The van der Waals surface area contributed by atoms with Gasteiger partial charge in [0.25, 0.3) is 5.91 Å². The van der Waals surface area contributed by atoms with Crippen LogP contribution >= 0.6 is 0 Å². The van der Waals surface area contributed by atoms with Gasteiger partial charge >= 0.3 is 6.03 Å². The highest BCUT2D eigenvalue weighted by atomic mass is 16.2. The zero-order valence-electron chi connectivity index (χ0n) is 8.52. The molecular formula is C8H14N4O2. The third-order valence-electron chi connectivity index (χ3n) is 2.91. The number of fused-ring (bicyclic) bond motifs is 1. The lowest BCUT2D eigenvalue weighted by Gasteiger charge is -2.39. The van der Waals surface area contributed by atoms with Crippen LogP contribution < -0.4 is 5.32 Å². The summed E-state index contributed by atoms with van der Waals surface area (Å²) in [6.07, 6.45) is -0.184. The number of amides is 3. The van der Waals surface area contributed by atoms with Crippen LogP contribution in [0.2, 0.25) is 0 Å². The number of urea groups is 1.